The molecule has 0 aliphatic heterocycles. The summed E-state index contributed by atoms with van der Waals surface area (Å²) in [6, 6.07) is 7.25. The number of hydrazine groups is 1. The zero-order valence-corrected chi connectivity index (χ0v) is 13.8. The van der Waals surface area contributed by atoms with Gasteiger partial charge in [0.1, 0.15) is 17.2 Å². The number of nitrogens with zero attached hydrogens (tertiary/aromatic N) is 2. The molecule has 3 N–H and O–H groups in total. The maximum atomic E-state index is 5.90. The number of nitrogen functional groups attached to an aromatic ring is 1. The molecule has 0 fully saturated rings. The van der Waals surface area contributed by atoms with Crippen LogP contribution in [0.5, 0.6) is 5.75 Å². The molecule has 8 heteroatoms. The van der Waals surface area contributed by atoms with E-state index in [1.807, 2.05) is 11.4 Å². The lowest BCUT2D eigenvalue weighted by molar-refractivity contribution is 0.294. The number of hydrogen-bond donors (Lipinski definition) is 2. The molecule has 5 nitrogen and oxygen atoms in total. The van der Waals surface area contributed by atoms with E-state index in [1.54, 1.807) is 18.2 Å². The fourth-order valence-electron chi connectivity index (χ4n) is 1.81. The number of rotatable bonds is 4. The quantitative estimate of drug-likeness (QED) is 0.525. The average molecular weight is 386 g/mol. The molecule has 0 aliphatic carbocycles. The molecule has 3 rings (SSSR count). The molecule has 0 spiro atoms. The summed E-state index contributed by atoms with van der Waals surface area (Å²) in [6.07, 6.45) is 0. The van der Waals surface area contributed by atoms with Crippen molar-refractivity contribution in [3.8, 4) is 5.75 Å². The zero-order chi connectivity index (χ0) is 14.8. The number of ether oxygens (including phenoxy) is 1. The molecule has 0 unspecified atom stereocenters. The molecule has 1 aromatic carbocycles. The summed E-state index contributed by atoms with van der Waals surface area (Å²) in [4.78, 5) is 9.67. The van der Waals surface area contributed by atoms with Gasteiger partial charge in [-0.15, -0.1) is 11.3 Å². The second-order valence-corrected chi connectivity index (χ2v) is 6.32. The normalized spacial score (nSPS) is 10.8. The molecular weight excluding hydrogens is 376 g/mol. The summed E-state index contributed by atoms with van der Waals surface area (Å²) in [7, 11) is 0. The fourth-order valence-corrected chi connectivity index (χ4v) is 3.39. The van der Waals surface area contributed by atoms with E-state index in [0.717, 1.165) is 14.7 Å². The molecule has 0 atom stereocenters. The number of thiophene rings is 1. The van der Waals surface area contributed by atoms with Gasteiger partial charge in [0.2, 0.25) is 0 Å². The predicted molar refractivity (Wildman–Crippen MR) is 88.7 cm³/mol. The molecule has 0 bridgehead atoms. The number of hydrogen-bond acceptors (Lipinski definition) is 6. The minimum Gasteiger partial charge on any atom is -0.484 e. The van der Waals surface area contributed by atoms with Crippen molar-refractivity contribution in [3.05, 3.63) is 45.0 Å². The van der Waals surface area contributed by atoms with Crippen LogP contribution in [0, 0.1) is 0 Å². The van der Waals surface area contributed by atoms with E-state index in [1.165, 1.54) is 11.3 Å². The van der Waals surface area contributed by atoms with Gasteiger partial charge >= 0.3 is 0 Å². The number of benzene rings is 1. The Morgan fingerprint density at radius 3 is 2.95 bits per heavy atom. The summed E-state index contributed by atoms with van der Waals surface area (Å²) >= 11 is 10.8. The van der Waals surface area contributed by atoms with Gasteiger partial charge in [-0.1, -0.05) is 11.6 Å². The van der Waals surface area contributed by atoms with E-state index in [9.17, 15) is 0 Å². The Morgan fingerprint density at radius 2 is 2.19 bits per heavy atom. The Kier molecular flexibility index (Phi) is 4.25. The number of nitrogens with two attached hydrogens (primary N) is 1. The molecule has 0 saturated carbocycles. The zero-order valence-electron chi connectivity index (χ0n) is 10.6. The van der Waals surface area contributed by atoms with Crippen LogP contribution >= 0.6 is 38.9 Å². The van der Waals surface area contributed by atoms with E-state index >= 15 is 0 Å². The second-order valence-electron chi connectivity index (χ2n) is 4.14. The molecule has 21 heavy (non-hydrogen) atoms. The maximum Gasteiger partial charge on any atom is 0.169 e. The van der Waals surface area contributed by atoms with Crippen LogP contribution < -0.4 is 16.0 Å². The van der Waals surface area contributed by atoms with Gasteiger partial charge in [0.15, 0.2) is 11.6 Å². The largest absolute Gasteiger partial charge is 0.484 e. The van der Waals surface area contributed by atoms with Gasteiger partial charge in [-0.25, -0.2) is 15.8 Å². The molecule has 2 aromatic heterocycles. The lowest BCUT2D eigenvalue weighted by Gasteiger charge is -2.09. The number of nitrogens with one attached hydrogen (secondary N) is 1. The van der Waals surface area contributed by atoms with Crippen LogP contribution in [0.3, 0.4) is 0 Å². The van der Waals surface area contributed by atoms with Gasteiger partial charge in [0, 0.05) is 5.02 Å². The highest BCUT2D eigenvalue weighted by atomic mass is 79.9. The Balaban J connectivity index is 1.84. The Hall–Kier alpha value is -1.41. The van der Waals surface area contributed by atoms with Crippen LogP contribution in [-0.4, -0.2) is 9.97 Å². The van der Waals surface area contributed by atoms with E-state index in [4.69, 9.17) is 22.2 Å². The monoisotopic (exact) mass is 384 g/mol. The van der Waals surface area contributed by atoms with Crippen molar-refractivity contribution in [1.82, 2.24) is 9.97 Å². The summed E-state index contributed by atoms with van der Waals surface area (Å²) in [5.74, 6) is 7.32. The molecule has 108 valence electrons. The van der Waals surface area contributed by atoms with Crippen molar-refractivity contribution in [3.63, 3.8) is 0 Å². The fraction of sp³-hybridized carbons (Fsp3) is 0.0769. The van der Waals surface area contributed by atoms with Gasteiger partial charge in [-0.05, 0) is 45.6 Å². The van der Waals surface area contributed by atoms with Crippen LogP contribution in [0.4, 0.5) is 5.82 Å². The van der Waals surface area contributed by atoms with Crippen molar-refractivity contribution >= 4 is 54.9 Å². The van der Waals surface area contributed by atoms with E-state index in [0.29, 0.717) is 22.4 Å². The topological polar surface area (TPSA) is 73.1 Å². The van der Waals surface area contributed by atoms with E-state index in [2.05, 4.69) is 31.3 Å². The molecule has 3 aromatic rings. The van der Waals surface area contributed by atoms with Crippen molar-refractivity contribution in [2.45, 2.75) is 6.61 Å². The minimum absolute atomic E-state index is 0.239. The van der Waals surface area contributed by atoms with Crippen molar-refractivity contribution in [2.75, 3.05) is 5.43 Å². The molecule has 2 heterocycles. The lowest BCUT2D eigenvalue weighted by atomic mass is 10.3. The first-order valence-corrected chi connectivity index (χ1v) is 8.01. The van der Waals surface area contributed by atoms with E-state index in [-0.39, 0.29) is 6.61 Å². The molecule has 0 saturated heterocycles. The number of anilines is 1. The first kappa shape index (κ1) is 14.5. The predicted octanol–water partition coefficient (Wildman–Crippen LogP) is 3.97. The van der Waals surface area contributed by atoms with Crippen molar-refractivity contribution in [1.29, 1.82) is 0 Å². The van der Waals surface area contributed by atoms with Gasteiger partial charge < -0.3 is 10.2 Å². The number of halogens is 2. The van der Waals surface area contributed by atoms with Gasteiger partial charge in [-0.2, -0.15) is 0 Å². The smallest absolute Gasteiger partial charge is 0.169 e. The number of aromatic nitrogens is 2. The third-order valence-electron chi connectivity index (χ3n) is 2.76. The maximum absolute atomic E-state index is 5.90. The number of fused-ring (bicyclic) bond motifs is 1. The van der Waals surface area contributed by atoms with E-state index < -0.39 is 0 Å². The highest BCUT2D eigenvalue weighted by Crippen LogP contribution is 2.29. The Bertz CT molecular complexity index is 795. The SMILES string of the molecule is NNc1nc(COc2ccc(Cl)cc2Br)nc2sccc12. The van der Waals surface area contributed by atoms with Crippen molar-refractivity contribution in [2.24, 2.45) is 5.84 Å². The van der Waals surface area contributed by atoms with Crippen LogP contribution in [0.1, 0.15) is 5.82 Å². The summed E-state index contributed by atoms with van der Waals surface area (Å²) in [6.45, 7) is 0.239. The summed E-state index contributed by atoms with van der Waals surface area (Å²) in [5.41, 5.74) is 2.59. The Morgan fingerprint density at radius 1 is 1.33 bits per heavy atom. The third kappa shape index (κ3) is 3.11. The van der Waals surface area contributed by atoms with Gasteiger partial charge in [0.25, 0.3) is 0 Å². The van der Waals surface area contributed by atoms with Gasteiger partial charge in [-0.3, -0.25) is 0 Å². The van der Waals surface area contributed by atoms with Crippen molar-refractivity contribution < 1.29 is 4.74 Å². The lowest BCUT2D eigenvalue weighted by Crippen LogP contribution is -2.11. The molecule has 0 amide bonds. The Labute approximate surface area is 138 Å². The highest BCUT2D eigenvalue weighted by Gasteiger charge is 2.09. The molecular formula is C13H10BrClN4OS. The second kappa shape index (κ2) is 6.15. The van der Waals surface area contributed by atoms with Crippen LogP contribution in [0.15, 0.2) is 34.1 Å². The summed E-state index contributed by atoms with van der Waals surface area (Å²) < 4.78 is 6.49. The van der Waals surface area contributed by atoms with Crippen LogP contribution in [-0.2, 0) is 6.61 Å². The third-order valence-corrected chi connectivity index (χ3v) is 4.42. The highest BCUT2D eigenvalue weighted by molar-refractivity contribution is 9.10. The minimum atomic E-state index is 0.239. The van der Waals surface area contributed by atoms with Crippen LogP contribution in [0.2, 0.25) is 5.02 Å². The summed E-state index contributed by atoms with van der Waals surface area (Å²) in [5, 5.41) is 3.49. The standard InChI is InChI=1S/C13H10BrClN4OS/c14-9-5-7(15)1-2-10(9)20-6-11-17-12(19-16)8-3-4-21-13(8)18-11/h1-5H,6,16H2,(H,17,18,19). The molecule has 0 radical (unpaired) electrons. The van der Waals surface area contributed by atoms with Crippen LogP contribution in [0.25, 0.3) is 10.2 Å². The first-order valence-electron chi connectivity index (χ1n) is 5.96. The molecule has 0 aliphatic rings. The van der Waals surface area contributed by atoms with Gasteiger partial charge in [0.05, 0.1) is 9.86 Å². The average Bonchev–Trinajstić information content (AvgIpc) is 2.93. The first-order chi connectivity index (χ1) is 10.2.